The van der Waals surface area contributed by atoms with E-state index >= 15 is 0 Å². The fourth-order valence-electron chi connectivity index (χ4n) is 2.68. The lowest BCUT2D eigenvalue weighted by atomic mass is 10.2. The van der Waals surface area contributed by atoms with E-state index in [2.05, 4.69) is 10.6 Å². The molecule has 2 N–H and O–H groups in total. The molecule has 1 saturated carbocycles. The summed E-state index contributed by atoms with van der Waals surface area (Å²) in [4.78, 5) is 24.3. The maximum Gasteiger partial charge on any atom is 0.261 e. The minimum Gasteiger partial charge on any atom is -0.490 e. The van der Waals surface area contributed by atoms with E-state index in [4.69, 9.17) is 4.74 Å². The van der Waals surface area contributed by atoms with Gasteiger partial charge in [0.2, 0.25) is 5.91 Å². The Morgan fingerprint density at radius 2 is 1.88 bits per heavy atom. The molecule has 0 spiro atoms. The highest BCUT2D eigenvalue weighted by Gasteiger charge is 2.16. The van der Waals surface area contributed by atoms with Gasteiger partial charge in [-0.15, -0.1) is 11.3 Å². The maximum atomic E-state index is 11.9. The van der Waals surface area contributed by atoms with Crippen LogP contribution < -0.4 is 15.4 Å². The van der Waals surface area contributed by atoms with E-state index in [1.807, 2.05) is 29.6 Å². The first-order valence-corrected chi connectivity index (χ1v) is 8.97. The predicted octanol–water partition coefficient (Wildman–Crippen LogP) is 3.44. The number of thiophene rings is 1. The summed E-state index contributed by atoms with van der Waals surface area (Å²) < 4.78 is 5.89. The van der Waals surface area contributed by atoms with Crippen molar-refractivity contribution in [3.63, 3.8) is 0 Å². The molecule has 1 aliphatic carbocycles. The molecule has 2 amide bonds. The molecule has 0 saturated heterocycles. The fraction of sp³-hybridized carbons (Fsp3) is 0.333. The monoisotopic (exact) mass is 344 g/mol. The van der Waals surface area contributed by atoms with Crippen molar-refractivity contribution in [2.45, 2.75) is 31.8 Å². The van der Waals surface area contributed by atoms with E-state index in [0.717, 1.165) is 18.6 Å². The van der Waals surface area contributed by atoms with Crippen LogP contribution in [0.1, 0.15) is 35.4 Å². The van der Waals surface area contributed by atoms with Crippen molar-refractivity contribution in [3.8, 4) is 5.75 Å². The number of nitrogens with one attached hydrogen (secondary N) is 2. The topological polar surface area (TPSA) is 67.4 Å². The number of carbonyl (C=O) groups is 2. The zero-order valence-corrected chi connectivity index (χ0v) is 14.1. The Bertz CT molecular complexity index is 677. The van der Waals surface area contributed by atoms with E-state index in [9.17, 15) is 9.59 Å². The number of ether oxygens (including phenoxy) is 1. The van der Waals surface area contributed by atoms with Gasteiger partial charge in [-0.25, -0.2) is 0 Å². The molecule has 0 atom stereocenters. The second-order valence-corrected chi connectivity index (χ2v) is 6.70. The van der Waals surface area contributed by atoms with Crippen LogP contribution in [-0.4, -0.2) is 24.5 Å². The molecule has 6 heteroatoms. The van der Waals surface area contributed by atoms with E-state index < -0.39 is 0 Å². The normalized spacial score (nSPS) is 14.3. The molecule has 3 rings (SSSR count). The SMILES string of the molecule is O=C(CNC(=O)c1cccs1)Nc1ccc(OC2CCCC2)cc1. The lowest BCUT2D eigenvalue weighted by Crippen LogP contribution is -2.32. The van der Waals surface area contributed by atoms with Gasteiger partial charge in [-0.3, -0.25) is 9.59 Å². The van der Waals surface area contributed by atoms with Crippen molar-refractivity contribution in [3.05, 3.63) is 46.7 Å². The van der Waals surface area contributed by atoms with Gasteiger partial charge in [0, 0.05) is 5.69 Å². The highest BCUT2D eigenvalue weighted by molar-refractivity contribution is 7.12. The average molecular weight is 344 g/mol. The molecule has 0 unspecified atom stereocenters. The number of hydrogen-bond acceptors (Lipinski definition) is 4. The summed E-state index contributed by atoms with van der Waals surface area (Å²) in [7, 11) is 0. The summed E-state index contributed by atoms with van der Waals surface area (Å²) in [5.41, 5.74) is 0.684. The number of benzene rings is 1. The molecule has 24 heavy (non-hydrogen) atoms. The summed E-state index contributed by atoms with van der Waals surface area (Å²) >= 11 is 1.34. The third-order valence-electron chi connectivity index (χ3n) is 3.90. The maximum absolute atomic E-state index is 11.9. The van der Waals surface area contributed by atoms with E-state index in [1.165, 1.54) is 24.2 Å². The minimum absolute atomic E-state index is 0.0585. The number of hydrogen-bond donors (Lipinski definition) is 2. The van der Waals surface area contributed by atoms with E-state index in [-0.39, 0.29) is 18.4 Å². The predicted molar refractivity (Wildman–Crippen MR) is 94.6 cm³/mol. The first-order chi connectivity index (χ1) is 11.7. The Hall–Kier alpha value is -2.34. The Labute approximate surface area is 145 Å². The van der Waals surface area contributed by atoms with Gasteiger partial charge in [-0.05, 0) is 61.4 Å². The molecule has 0 radical (unpaired) electrons. The molecule has 1 aromatic heterocycles. The van der Waals surface area contributed by atoms with Crippen LogP contribution in [0.2, 0.25) is 0 Å². The van der Waals surface area contributed by atoms with Crippen LogP contribution >= 0.6 is 11.3 Å². The van der Waals surface area contributed by atoms with Crippen LogP contribution in [0.3, 0.4) is 0 Å². The van der Waals surface area contributed by atoms with Crippen molar-refractivity contribution in [2.75, 3.05) is 11.9 Å². The summed E-state index contributed by atoms with van der Waals surface area (Å²) in [5.74, 6) is 0.329. The smallest absolute Gasteiger partial charge is 0.261 e. The van der Waals surface area contributed by atoms with Crippen LogP contribution in [-0.2, 0) is 4.79 Å². The zero-order chi connectivity index (χ0) is 16.8. The average Bonchev–Trinajstić information content (AvgIpc) is 3.28. The van der Waals surface area contributed by atoms with Crippen molar-refractivity contribution in [2.24, 2.45) is 0 Å². The lowest BCUT2D eigenvalue weighted by molar-refractivity contribution is -0.115. The molecular formula is C18H20N2O3S. The zero-order valence-electron chi connectivity index (χ0n) is 13.3. The van der Waals surface area contributed by atoms with Gasteiger partial charge < -0.3 is 15.4 Å². The summed E-state index contributed by atoms with van der Waals surface area (Å²) in [6.45, 7) is -0.0585. The van der Waals surface area contributed by atoms with Crippen molar-refractivity contribution in [1.82, 2.24) is 5.32 Å². The van der Waals surface area contributed by atoms with E-state index in [1.54, 1.807) is 12.1 Å². The standard InChI is InChI=1S/C18H20N2O3S/c21-17(12-19-18(22)16-6-3-11-24-16)20-13-7-9-15(10-8-13)23-14-4-1-2-5-14/h3,6-11,14H,1-2,4-5,12H2,(H,19,22)(H,20,21). The van der Waals surface area contributed by atoms with Crippen molar-refractivity contribution < 1.29 is 14.3 Å². The second-order valence-electron chi connectivity index (χ2n) is 5.76. The Morgan fingerprint density at radius 3 is 2.54 bits per heavy atom. The van der Waals surface area contributed by atoms with E-state index in [0.29, 0.717) is 16.7 Å². The van der Waals surface area contributed by atoms with Crippen LogP contribution in [0.25, 0.3) is 0 Å². The van der Waals surface area contributed by atoms with Crippen LogP contribution in [0, 0.1) is 0 Å². The van der Waals surface area contributed by atoms with Gasteiger partial charge in [-0.2, -0.15) is 0 Å². The molecule has 1 aliphatic rings. The first kappa shape index (κ1) is 16.5. The van der Waals surface area contributed by atoms with Gasteiger partial charge in [-0.1, -0.05) is 6.07 Å². The number of carbonyl (C=O) groups excluding carboxylic acids is 2. The fourth-order valence-corrected chi connectivity index (χ4v) is 3.32. The molecule has 1 fully saturated rings. The molecule has 5 nitrogen and oxygen atoms in total. The molecule has 1 aromatic carbocycles. The van der Waals surface area contributed by atoms with Gasteiger partial charge in [0.05, 0.1) is 17.5 Å². The Morgan fingerprint density at radius 1 is 1.12 bits per heavy atom. The van der Waals surface area contributed by atoms with Crippen LogP contribution in [0.15, 0.2) is 41.8 Å². The highest BCUT2D eigenvalue weighted by atomic mass is 32.1. The van der Waals surface area contributed by atoms with Crippen LogP contribution in [0.4, 0.5) is 5.69 Å². The quantitative estimate of drug-likeness (QED) is 0.843. The molecule has 2 aromatic rings. The number of amides is 2. The van der Waals surface area contributed by atoms with Crippen molar-refractivity contribution in [1.29, 1.82) is 0 Å². The van der Waals surface area contributed by atoms with Crippen molar-refractivity contribution >= 4 is 28.8 Å². The minimum atomic E-state index is -0.260. The third kappa shape index (κ3) is 4.58. The summed E-state index contributed by atoms with van der Waals surface area (Å²) in [5, 5.41) is 7.18. The second kappa shape index (κ2) is 7.97. The highest BCUT2D eigenvalue weighted by Crippen LogP contribution is 2.24. The lowest BCUT2D eigenvalue weighted by Gasteiger charge is -2.13. The first-order valence-electron chi connectivity index (χ1n) is 8.09. The Kier molecular flexibility index (Phi) is 5.48. The Balaban J connectivity index is 1.44. The third-order valence-corrected chi connectivity index (χ3v) is 4.77. The van der Waals surface area contributed by atoms with Gasteiger partial charge in [0.1, 0.15) is 5.75 Å². The van der Waals surface area contributed by atoms with Gasteiger partial charge >= 0.3 is 0 Å². The molecule has 126 valence electrons. The summed E-state index contributed by atoms with van der Waals surface area (Å²) in [6.07, 6.45) is 5.01. The largest absolute Gasteiger partial charge is 0.490 e. The summed E-state index contributed by atoms with van der Waals surface area (Å²) in [6, 6.07) is 10.9. The van der Waals surface area contributed by atoms with Gasteiger partial charge in [0.25, 0.3) is 5.91 Å². The number of anilines is 1. The molecule has 0 aliphatic heterocycles. The van der Waals surface area contributed by atoms with Gasteiger partial charge in [0.15, 0.2) is 0 Å². The molecule has 1 heterocycles. The molecular weight excluding hydrogens is 324 g/mol. The molecule has 0 bridgehead atoms. The number of rotatable bonds is 6. The van der Waals surface area contributed by atoms with Crippen LogP contribution in [0.5, 0.6) is 5.75 Å².